The molecular formula is C18H32N2O2. The van der Waals surface area contributed by atoms with Gasteiger partial charge in [-0.1, -0.05) is 33.1 Å². The summed E-state index contributed by atoms with van der Waals surface area (Å²) in [6.07, 6.45) is 9.31. The molecule has 2 aliphatic rings. The Morgan fingerprint density at radius 3 is 2.41 bits per heavy atom. The minimum atomic E-state index is 0.0348. The predicted molar refractivity (Wildman–Crippen MR) is 88.3 cm³/mol. The summed E-state index contributed by atoms with van der Waals surface area (Å²) in [5, 5.41) is 3.02. The second kappa shape index (κ2) is 8.54. The number of rotatable bonds is 5. The molecular weight excluding hydrogens is 276 g/mol. The quantitative estimate of drug-likeness (QED) is 0.849. The molecule has 2 rings (SSSR count). The van der Waals surface area contributed by atoms with E-state index in [0.29, 0.717) is 24.3 Å². The molecule has 4 heteroatoms. The van der Waals surface area contributed by atoms with Crippen LogP contribution < -0.4 is 5.32 Å². The first-order valence-corrected chi connectivity index (χ1v) is 9.11. The van der Waals surface area contributed by atoms with E-state index in [0.717, 1.165) is 32.4 Å². The lowest BCUT2D eigenvalue weighted by molar-refractivity contribution is -0.134. The fraction of sp³-hybridized carbons (Fsp3) is 0.889. The molecule has 1 saturated heterocycles. The molecule has 1 heterocycles. The molecule has 1 N–H and O–H groups in total. The van der Waals surface area contributed by atoms with E-state index in [1.165, 1.54) is 32.1 Å². The molecule has 2 amide bonds. The van der Waals surface area contributed by atoms with Gasteiger partial charge in [0.05, 0.1) is 0 Å². The van der Waals surface area contributed by atoms with Crippen molar-refractivity contribution in [1.82, 2.24) is 10.2 Å². The average Bonchev–Trinajstić information content (AvgIpc) is 2.53. The van der Waals surface area contributed by atoms with Gasteiger partial charge in [-0.25, -0.2) is 0 Å². The van der Waals surface area contributed by atoms with Gasteiger partial charge in [0.15, 0.2) is 0 Å². The molecule has 0 aromatic heterocycles. The van der Waals surface area contributed by atoms with Crippen molar-refractivity contribution in [3.8, 4) is 0 Å². The first kappa shape index (κ1) is 17.3. The minimum Gasteiger partial charge on any atom is -0.356 e. The lowest BCUT2D eigenvalue weighted by Gasteiger charge is -2.34. The number of nitrogens with zero attached hydrogens (tertiary/aromatic N) is 1. The summed E-state index contributed by atoms with van der Waals surface area (Å²) in [6, 6.07) is 0. The zero-order valence-electron chi connectivity index (χ0n) is 14.3. The summed E-state index contributed by atoms with van der Waals surface area (Å²) >= 11 is 0. The molecule has 0 radical (unpaired) electrons. The van der Waals surface area contributed by atoms with Crippen molar-refractivity contribution < 1.29 is 9.59 Å². The summed E-state index contributed by atoms with van der Waals surface area (Å²) in [7, 11) is 0. The van der Waals surface area contributed by atoms with Crippen LogP contribution in [0, 0.1) is 17.8 Å². The number of nitrogens with one attached hydrogen (secondary N) is 1. The van der Waals surface area contributed by atoms with Gasteiger partial charge in [-0.05, 0) is 37.5 Å². The SMILES string of the molecule is CC(C)C(=O)NCC1CCCN(C(=O)CC2CCCCC2)C1. The predicted octanol–water partition coefficient (Wildman–Crippen LogP) is 2.97. The topological polar surface area (TPSA) is 49.4 Å². The maximum absolute atomic E-state index is 12.5. The number of piperidine rings is 1. The Balaban J connectivity index is 1.74. The van der Waals surface area contributed by atoms with E-state index in [4.69, 9.17) is 0 Å². The number of carbonyl (C=O) groups is 2. The second-order valence-electron chi connectivity index (χ2n) is 7.46. The van der Waals surface area contributed by atoms with Crippen LogP contribution in [-0.2, 0) is 9.59 Å². The number of hydrogen-bond donors (Lipinski definition) is 1. The van der Waals surface area contributed by atoms with Gasteiger partial charge in [0.25, 0.3) is 0 Å². The largest absolute Gasteiger partial charge is 0.356 e. The van der Waals surface area contributed by atoms with Gasteiger partial charge < -0.3 is 10.2 Å². The molecule has 2 fully saturated rings. The van der Waals surface area contributed by atoms with Gasteiger partial charge in [0.1, 0.15) is 0 Å². The van der Waals surface area contributed by atoms with Crippen molar-refractivity contribution in [3.63, 3.8) is 0 Å². The standard InChI is InChI=1S/C18H32N2O2/c1-14(2)18(22)19-12-16-9-6-10-20(13-16)17(21)11-15-7-4-3-5-8-15/h14-16H,3-13H2,1-2H3,(H,19,22). The fourth-order valence-electron chi connectivity index (χ4n) is 3.67. The Bertz CT molecular complexity index is 375. The van der Waals surface area contributed by atoms with Crippen molar-refractivity contribution in [2.45, 2.75) is 65.2 Å². The van der Waals surface area contributed by atoms with Gasteiger partial charge in [0.2, 0.25) is 11.8 Å². The van der Waals surface area contributed by atoms with Gasteiger partial charge in [-0.2, -0.15) is 0 Å². The van der Waals surface area contributed by atoms with Crippen molar-refractivity contribution >= 4 is 11.8 Å². The van der Waals surface area contributed by atoms with Crippen LogP contribution in [0.4, 0.5) is 0 Å². The van der Waals surface area contributed by atoms with Gasteiger partial charge in [-0.15, -0.1) is 0 Å². The molecule has 1 unspecified atom stereocenters. The van der Waals surface area contributed by atoms with Crippen molar-refractivity contribution in [2.24, 2.45) is 17.8 Å². The molecule has 22 heavy (non-hydrogen) atoms. The molecule has 1 aliphatic carbocycles. The van der Waals surface area contributed by atoms with Crippen LogP contribution in [-0.4, -0.2) is 36.3 Å². The molecule has 0 bridgehead atoms. The van der Waals surface area contributed by atoms with E-state index >= 15 is 0 Å². The highest BCUT2D eigenvalue weighted by molar-refractivity contribution is 5.78. The van der Waals surface area contributed by atoms with E-state index in [1.54, 1.807) is 0 Å². The van der Waals surface area contributed by atoms with E-state index in [1.807, 2.05) is 18.7 Å². The zero-order valence-corrected chi connectivity index (χ0v) is 14.3. The lowest BCUT2D eigenvalue weighted by Crippen LogP contribution is -2.44. The van der Waals surface area contributed by atoms with Gasteiger partial charge in [-0.3, -0.25) is 9.59 Å². The van der Waals surface area contributed by atoms with Crippen LogP contribution in [0.15, 0.2) is 0 Å². The smallest absolute Gasteiger partial charge is 0.222 e. The highest BCUT2D eigenvalue weighted by Crippen LogP contribution is 2.27. The highest BCUT2D eigenvalue weighted by atomic mass is 16.2. The Labute approximate surface area is 135 Å². The molecule has 0 aromatic rings. The summed E-state index contributed by atoms with van der Waals surface area (Å²) in [5.74, 6) is 1.53. The summed E-state index contributed by atoms with van der Waals surface area (Å²) in [6.45, 7) is 6.26. The fourth-order valence-corrected chi connectivity index (χ4v) is 3.67. The van der Waals surface area contributed by atoms with Crippen LogP contribution in [0.25, 0.3) is 0 Å². The van der Waals surface area contributed by atoms with Crippen molar-refractivity contribution in [2.75, 3.05) is 19.6 Å². The number of carbonyl (C=O) groups excluding carboxylic acids is 2. The normalized spacial score (nSPS) is 23.6. The van der Waals surface area contributed by atoms with Crippen LogP contribution in [0.5, 0.6) is 0 Å². The number of hydrogen-bond acceptors (Lipinski definition) is 2. The number of likely N-dealkylation sites (tertiary alicyclic amines) is 1. The third kappa shape index (κ3) is 5.29. The lowest BCUT2D eigenvalue weighted by atomic mass is 9.86. The molecule has 0 spiro atoms. The maximum atomic E-state index is 12.5. The highest BCUT2D eigenvalue weighted by Gasteiger charge is 2.26. The van der Waals surface area contributed by atoms with E-state index in [9.17, 15) is 9.59 Å². The Hall–Kier alpha value is -1.06. The third-order valence-corrected chi connectivity index (χ3v) is 5.15. The monoisotopic (exact) mass is 308 g/mol. The maximum Gasteiger partial charge on any atom is 0.222 e. The second-order valence-corrected chi connectivity index (χ2v) is 7.46. The van der Waals surface area contributed by atoms with E-state index < -0.39 is 0 Å². The zero-order chi connectivity index (χ0) is 15.9. The van der Waals surface area contributed by atoms with Crippen molar-refractivity contribution in [1.29, 1.82) is 0 Å². The Kier molecular flexibility index (Phi) is 6.71. The molecule has 1 atom stereocenters. The molecule has 4 nitrogen and oxygen atoms in total. The summed E-state index contributed by atoms with van der Waals surface area (Å²) in [5.41, 5.74) is 0. The minimum absolute atomic E-state index is 0.0348. The van der Waals surface area contributed by atoms with E-state index in [2.05, 4.69) is 5.32 Å². The summed E-state index contributed by atoms with van der Waals surface area (Å²) < 4.78 is 0. The molecule has 0 aromatic carbocycles. The Morgan fingerprint density at radius 2 is 1.73 bits per heavy atom. The summed E-state index contributed by atoms with van der Waals surface area (Å²) in [4.78, 5) is 26.2. The molecule has 1 aliphatic heterocycles. The molecule has 126 valence electrons. The van der Waals surface area contributed by atoms with Crippen LogP contribution in [0.2, 0.25) is 0 Å². The van der Waals surface area contributed by atoms with Gasteiger partial charge in [0, 0.05) is 32.0 Å². The Morgan fingerprint density at radius 1 is 1.05 bits per heavy atom. The third-order valence-electron chi connectivity index (χ3n) is 5.15. The first-order chi connectivity index (χ1) is 10.6. The van der Waals surface area contributed by atoms with Crippen LogP contribution >= 0.6 is 0 Å². The first-order valence-electron chi connectivity index (χ1n) is 9.11. The average molecular weight is 308 g/mol. The van der Waals surface area contributed by atoms with Crippen LogP contribution in [0.3, 0.4) is 0 Å². The van der Waals surface area contributed by atoms with Crippen LogP contribution in [0.1, 0.15) is 65.2 Å². The van der Waals surface area contributed by atoms with Crippen molar-refractivity contribution in [3.05, 3.63) is 0 Å². The number of amides is 2. The van der Waals surface area contributed by atoms with Gasteiger partial charge >= 0.3 is 0 Å². The van der Waals surface area contributed by atoms with E-state index in [-0.39, 0.29) is 11.8 Å². The molecule has 1 saturated carbocycles.